The van der Waals surface area contributed by atoms with Gasteiger partial charge in [-0.05, 0) is 30.9 Å². The van der Waals surface area contributed by atoms with E-state index in [1.807, 2.05) is 30.3 Å². The first-order chi connectivity index (χ1) is 11.7. The number of esters is 1. The molecule has 2 aliphatic rings. The van der Waals surface area contributed by atoms with Gasteiger partial charge in [-0.3, -0.25) is 4.79 Å². The molecular formula is C19H22N2O3. The number of carbonyl (C=O) groups is 1. The minimum absolute atomic E-state index is 0.0560. The number of hydrogen-bond acceptors (Lipinski definition) is 5. The zero-order chi connectivity index (χ0) is 16.7. The molecule has 1 aliphatic carbocycles. The second-order valence-electron chi connectivity index (χ2n) is 6.94. The van der Waals surface area contributed by atoms with Gasteiger partial charge in [0.1, 0.15) is 5.82 Å². The van der Waals surface area contributed by atoms with Crippen molar-refractivity contribution in [3.8, 4) is 0 Å². The Kier molecular flexibility index (Phi) is 3.68. The van der Waals surface area contributed by atoms with Crippen molar-refractivity contribution >= 4 is 22.7 Å². The van der Waals surface area contributed by atoms with Gasteiger partial charge >= 0.3 is 5.97 Å². The molecule has 1 saturated heterocycles. The van der Waals surface area contributed by atoms with Crippen molar-refractivity contribution in [1.82, 2.24) is 4.98 Å². The number of fused-ring (bicyclic) bond motifs is 2. The number of ether oxygens (including phenoxy) is 1. The molecule has 2 atom stereocenters. The average molecular weight is 326 g/mol. The Balaban J connectivity index is 1.75. The third-order valence-electron chi connectivity index (χ3n) is 5.71. The molecule has 2 fully saturated rings. The fraction of sp³-hybridized carbons (Fsp3) is 0.474. The third-order valence-corrected chi connectivity index (χ3v) is 5.71. The summed E-state index contributed by atoms with van der Waals surface area (Å²) in [5.41, 5.74) is 1.32. The van der Waals surface area contributed by atoms with Crippen LogP contribution in [0.4, 0.5) is 5.82 Å². The van der Waals surface area contributed by atoms with Crippen LogP contribution in [0.1, 0.15) is 24.8 Å². The molecule has 0 radical (unpaired) electrons. The van der Waals surface area contributed by atoms with Gasteiger partial charge in [0.2, 0.25) is 0 Å². The van der Waals surface area contributed by atoms with E-state index < -0.39 is 5.41 Å². The maximum Gasteiger partial charge on any atom is 0.313 e. The van der Waals surface area contributed by atoms with E-state index in [2.05, 4.69) is 4.90 Å². The number of methoxy groups -OCH3 is 1. The zero-order valence-electron chi connectivity index (χ0n) is 13.9. The van der Waals surface area contributed by atoms with Gasteiger partial charge in [0.25, 0.3) is 0 Å². The molecule has 2 heterocycles. The van der Waals surface area contributed by atoms with Gasteiger partial charge in [-0.25, -0.2) is 4.98 Å². The number of aliphatic hydroxyl groups excluding tert-OH is 1. The molecule has 1 saturated carbocycles. The summed E-state index contributed by atoms with van der Waals surface area (Å²) in [5.74, 6) is 1.01. The number of nitrogens with zero attached hydrogens (tertiary/aromatic N) is 2. The standard InChI is InChI=1S/C19H22N2O3/c1-24-18(23)19-8-4-6-15(19)10-21(12-19)17-14(11-22)9-13-5-2-3-7-16(13)20-17/h2-3,5,7,9,15,22H,4,6,8,10-12H2,1H3. The molecule has 4 rings (SSSR count). The summed E-state index contributed by atoms with van der Waals surface area (Å²) in [5, 5.41) is 10.8. The Morgan fingerprint density at radius 1 is 1.46 bits per heavy atom. The van der Waals surface area contributed by atoms with Crippen LogP contribution in [0.2, 0.25) is 0 Å². The quantitative estimate of drug-likeness (QED) is 0.878. The van der Waals surface area contributed by atoms with Gasteiger partial charge in [-0.1, -0.05) is 24.6 Å². The molecule has 0 amide bonds. The van der Waals surface area contributed by atoms with E-state index in [4.69, 9.17) is 9.72 Å². The Bertz CT molecular complexity index is 791. The van der Waals surface area contributed by atoms with Gasteiger partial charge < -0.3 is 14.7 Å². The van der Waals surface area contributed by atoms with Crippen LogP contribution < -0.4 is 4.90 Å². The minimum Gasteiger partial charge on any atom is -0.469 e. The van der Waals surface area contributed by atoms with Crippen molar-refractivity contribution in [2.45, 2.75) is 25.9 Å². The molecule has 2 unspecified atom stereocenters. The molecular weight excluding hydrogens is 304 g/mol. The maximum atomic E-state index is 12.4. The van der Waals surface area contributed by atoms with Crippen LogP contribution in [0.25, 0.3) is 10.9 Å². The van der Waals surface area contributed by atoms with Crippen LogP contribution in [0, 0.1) is 11.3 Å². The Labute approximate surface area is 141 Å². The Morgan fingerprint density at radius 2 is 2.29 bits per heavy atom. The Hall–Kier alpha value is -2.14. The van der Waals surface area contributed by atoms with Crippen molar-refractivity contribution in [2.24, 2.45) is 11.3 Å². The SMILES string of the molecule is COC(=O)C12CCCC1CN(c1nc3ccccc3cc1CO)C2. The highest BCUT2D eigenvalue weighted by Crippen LogP contribution is 2.50. The molecule has 5 heteroatoms. The van der Waals surface area contributed by atoms with Crippen LogP contribution in [0.5, 0.6) is 0 Å². The average Bonchev–Trinajstić information content (AvgIpc) is 3.18. The fourth-order valence-electron chi connectivity index (χ4n) is 4.53. The normalized spacial score (nSPS) is 25.9. The monoisotopic (exact) mass is 326 g/mol. The van der Waals surface area contributed by atoms with Gasteiger partial charge in [-0.2, -0.15) is 0 Å². The topological polar surface area (TPSA) is 62.7 Å². The highest BCUT2D eigenvalue weighted by atomic mass is 16.5. The van der Waals surface area contributed by atoms with Crippen molar-refractivity contribution in [1.29, 1.82) is 0 Å². The van der Waals surface area contributed by atoms with Crippen molar-refractivity contribution in [3.05, 3.63) is 35.9 Å². The van der Waals surface area contributed by atoms with E-state index in [1.165, 1.54) is 7.11 Å². The zero-order valence-corrected chi connectivity index (χ0v) is 13.9. The first-order valence-electron chi connectivity index (χ1n) is 8.51. The number of aliphatic hydroxyl groups is 1. The van der Waals surface area contributed by atoms with Gasteiger partial charge in [0, 0.05) is 24.0 Å². The number of rotatable bonds is 3. The summed E-state index contributed by atoms with van der Waals surface area (Å²) >= 11 is 0. The Morgan fingerprint density at radius 3 is 3.08 bits per heavy atom. The van der Waals surface area contributed by atoms with Crippen LogP contribution in [-0.2, 0) is 16.1 Å². The number of benzene rings is 1. The van der Waals surface area contributed by atoms with E-state index in [1.54, 1.807) is 0 Å². The largest absolute Gasteiger partial charge is 0.469 e. The van der Waals surface area contributed by atoms with E-state index in [0.29, 0.717) is 12.5 Å². The predicted molar refractivity (Wildman–Crippen MR) is 91.7 cm³/mol. The van der Waals surface area contributed by atoms with Gasteiger partial charge in [-0.15, -0.1) is 0 Å². The number of aromatic nitrogens is 1. The van der Waals surface area contributed by atoms with Crippen LogP contribution in [-0.4, -0.2) is 36.3 Å². The van der Waals surface area contributed by atoms with Crippen LogP contribution >= 0.6 is 0 Å². The van der Waals surface area contributed by atoms with E-state index in [-0.39, 0.29) is 12.6 Å². The van der Waals surface area contributed by atoms with E-state index in [0.717, 1.165) is 48.1 Å². The first kappa shape index (κ1) is 15.4. The lowest BCUT2D eigenvalue weighted by molar-refractivity contribution is -0.152. The van der Waals surface area contributed by atoms with Gasteiger partial charge in [0.15, 0.2) is 0 Å². The molecule has 1 aliphatic heterocycles. The van der Waals surface area contributed by atoms with Crippen LogP contribution in [0.3, 0.4) is 0 Å². The fourth-order valence-corrected chi connectivity index (χ4v) is 4.53. The predicted octanol–water partition coefficient (Wildman–Crippen LogP) is 2.51. The molecule has 0 bridgehead atoms. The highest BCUT2D eigenvalue weighted by molar-refractivity contribution is 5.83. The summed E-state index contributed by atoms with van der Waals surface area (Å²) < 4.78 is 5.11. The smallest absolute Gasteiger partial charge is 0.313 e. The van der Waals surface area contributed by atoms with Crippen LogP contribution in [0.15, 0.2) is 30.3 Å². The van der Waals surface area contributed by atoms with Crippen molar-refractivity contribution in [3.63, 3.8) is 0 Å². The highest BCUT2D eigenvalue weighted by Gasteiger charge is 2.55. The summed E-state index contributed by atoms with van der Waals surface area (Å²) in [6.07, 6.45) is 3.00. The van der Waals surface area contributed by atoms with Crippen molar-refractivity contribution in [2.75, 3.05) is 25.1 Å². The number of para-hydroxylation sites is 1. The summed E-state index contributed by atoms with van der Waals surface area (Å²) in [6.45, 7) is 1.37. The maximum absolute atomic E-state index is 12.4. The van der Waals surface area contributed by atoms with Crippen molar-refractivity contribution < 1.29 is 14.6 Å². The number of pyridine rings is 1. The second kappa shape index (κ2) is 5.74. The third kappa shape index (κ3) is 2.18. The molecule has 5 nitrogen and oxygen atoms in total. The summed E-state index contributed by atoms with van der Waals surface area (Å²) in [6, 6.07) is 9.91. The van der Waals surface area contributed by atoms with E-state index >= 15 is 0 Å². The number of hydrogen-bond donors (Lipinski definition) is 1. The lowest BCUT2D eigenvalue weighted by atomic mass is 9.81. The molecule has 1 aromatic carbocycles. The molecule has 126 valence electrons. The molecule has 0 spiro atoms. The minimum atomic E-state index is -0.408. The molecule has 2 aromatic rings. The second-order valence-corrected chi connectivity index (χ2v) is 6.94. The molecule has 24 heavy (non-hydrogen) atoms. The van der Waals surface area contributed by atoms with E-state index in [9.17, 15) is 9.90 Å². The summed E-state index contributed by atoms with van der Waals surface area (Å²) in [4.78, 5) is 19.4. The number of carbonyl (C=O) groups excluding carboxylic acids is 1. The molecule has 1 aromatic heterocycles. The summed E-state index contributed by atoms with van der Waals surface area (Å²) in [7, 11) is 1.47. The lowest BCUT2D eigenvalue weighted by Gasteiger charge is -2.26. The molecule has 1 N–H and O–H groups in total. The number of anilines is 1. The lowest BCUT2D eigenvalue weighted by Crippen LogP contribution is -2.37. The van der Waals surface area contributed by atoms with Gasteiger partial charge in [0.05, 0.1) is 24.6 Å². The first-order valence-corrected chi connectivity index (χ1v) is 8.51.